The molecule has 0 radical (unpaired) electrons. The molecule has 2 aliphatic heterocycles. The average Bonchev–Trinajstić information content (AvgIpc) is 3.30. The van der Waals surface area contributed by atoms with E-state index in [1.165, 1.54) is 11.1 Å². The molecule has 3 aliphatic rings. The van der Waals surface area contributed by atoms with Crippen LogP contribution in [0.3, 0.4) is 0 Å². The van der Waals surface area contributed by atoms with Gasteiger partial charge in [0.2, 0.25) is 0 Å². The molecule has 1 amide bonds. The molecule has 2 heterocycles. The van der Waals surface area contributed by atoms with Crippen molar-refractivity contribution in [3.8, 4) is 5.75 Å². The largest absolute Gasteiger partial charge is 0.493 e. The standard InChI is InChI=1S/C23H26N2O3/c1-27-21-20(25-22(26)16-6-7-19-15(14-16)8-13-28-19)17-4-2-3-5-18(17)23(21)9-11-24-12-10-23/h2-7,14,20-21,24H,8-13H2,1H3,(H,25,26)/t20-,21+/m1/s1. The molecule has 2 aromatic carbocycles. The quantitative estimate of drug-likeness (QED) is 0.862. The average molecular weight is 378 g/mol. The Kier molecular flexibility index (Phi) is 4.37. The van der Waals surface area contributed by atoms with E-state index in [1.807, 2.05) is 18.2 Å². The van der Waals surface area contributed by atoms with Crippen LogP contribution in [0, 0.1) is 0 Å². The fourth-order valence-corrected chi connectivity index (χ4v) is 5.35. The monoisotopic (exact) mass is 378 g/mol. The van der Waals surface area contributed by atoms with Crippen LogP contribution in [-0.4, -0.2) is 38.8 Å². The number of benzene rings is 2. The number of nitrogens with one attached hydrogen (secondary N) is 2. The Morgan fingerprint density at radius 2 is 2.04 bits per heavy atom. The van der Waals surface area contributed by atoms with Crippen molar-refractivity contribution in [3.63, 3.8) is 0 Å². The predicted octanol–water partition coefficient (Wildman–Crippen LogP) is 2.74. The Labute approximate surface area is 165 Å². The zero-order valence-corrected chi connectivity index (χ0v) is 16.2. The lowest BCUT2D eigenvalue weighted by atomic mass is 9.72. The maximum absolute atomic E-state index is 13.1. The summed E-state index contributed by atoms with van der Waals surface area (Å²) >= 11 is 0. The summed E-state index contributed by atoms with van der Waals surface area (Å²) in [7, 11) is 1.77. The Bertz CT molecular complexity index is 904. The molecule has 2 N–H and O–H groups in total. The van der Waals surface area contributed by atoms with Gasteiger partial charge in [0.05, 0.1) is 18.8 Å². The van der Waals surface area contributed by atoms with E-state index < -0.39 is 0 Å². The smallest absolute Gasteiger partial charge is 0.251 e. The molecular formula is C23H26N2O3. The van der Waals surface area contributed by atoms with Gasteiger partial charge in [0.25, 0.3) is 5.91 Å². The Balaban J connectivity index is 1.48. The van der Waals surface area contributed by atoms with E-state index in [0.717, 1.165) is 43.7 Å². The number of piperidine rings is 1. The van der Waals surface area contributed by atoms with Gasteiger partial charge in [-0.25, -0.2) is 0 Å². The van der Waals surface area contributed by atoms with Gasteiger partial charge in [-0.1, -0.05) is 24.3 Å². The SMILES string of the molecule is CO[C@H]1[C@H](NC(=O)c2ccc3c(c2)CCO3)c2ccccc2C12CCNCC2. The molecular weight excluding hydrogens is 352 g/mol. The number of rotatable bonds is 3. The lowest BCUT2D eigenvalue weighted by Gasteiger charge is -2.40. The molecule has 5 nitrogen and oxygen atoms in total. The van der Waals surface area contributed by atoms with Gasteiger partial charge in [0.15, 0.2) is 0 Å². The van der Waals surface area contributed by atoms with E-state index in [-0.39, 0.29) is 23.5 Å². The van der Waals surface area contributed by atoms with Crippen molar-refractivity contribution in [1.82, 2.24) is 10.6 Å². The van der Waals surface area contributed by atoms with E-state index in [2.05, 4.69) is 34.9 Å². The van der Waals surface area contributed by atoms with Gasteiger partial charge in [-0.05, 0) is 60.8 Å². The van der Waals surface area contributed by atoms with Gasteiger partial charge in [-0.15, -0.1) is 0 Å². The maximum atomic E-state index is 13.1. The van der Waals surface area contributed by atoms with Crippen molar-refractivity contribution >= 4 is 5.91 Å². The molecule has 2 aromatic rings. The molecule has 5 rings (SSSR count). The fourth-order valence-electron chi connectivity index (χ4n) is 5.35. The van der Waals surface area contributed by atoms with Crippen LogP contribution in [0.25, 0.3) is 0 Å². The van der Waals surface area contributed by atoms with Gasteiger partial charge in [0, 0.05) is 24.5 Å². The Hall–Kier alpha value is -2.37. The molecule has 2 atom stereocenters. The van der Waals surface area contributed by atoms with E-state index in [4.69, 9.17) is 9.47 Å². The number of fused-ring (bicyclic) bond motifs is 3. The molecule has 0 bridgehead atoms. The molecule has 146 valence electrons. The van der Waals surface area contributed by atoms with Crippen molar-refractivity contribution in [2.75, 3.05) is 26.8 Å². The van der Waals surface area contributed by atoms with Crippen LogP contribution >= 0.6 is 0 Å². The Morgan fingerprint density at radius 1 is 1.21 bits per heavy atom. The first-order valence-electron chi connectivity index (χ1n) is 10.1. The van der Waals surface area contributed by atoms with Gasteiger partial charge < -0.3 is 20.1 Å². The molecule has 1 aliphatic carbocycles. The molecule has 0 aromatic heterocycles. The van der Waals surface area contributed by atoms with E-state index >= 15 is 0 Å². The van der Waals surface area contributed by atoms with Gasteiger partial charge in [0.1, 0.15) is 5.75 Å². The highest BCUT2D eigenvalue weighted by Gasteiger charge is 2.53. The number of hydrogen-bond donors (Lipinski definition) is 2. The van der Waals surface area contributed by atoms with Crippen molar-refractivity contribution in [2.45, 2.75) is 36.8 Å². The summed E-state index contributed by atoms with van der Waals surface area (Å²) in [5, 5.41) is 6.75. The summed E-state index contributed by atoms with van der Waals surface area (Å²) in [4.78, 5) is 13.1. The first-order chi connectivity index (χ1) is 13.7. The second-order valence-corrected chi connectivity index (χ2v) is 8.02. The first-order valence-corrected chi connectivity index (χ1v) is 10.1. The highest BCUT2D eigenvalue weighted by atomic mass is 16.5. The second kappa shape index (κ2) is 6.90. The molecule has 28 heavy (non-hydrogen) atoms. The minimum absolute atomic E-state index is 0.0414. The molecule has 0 unspecified atom stereocenters. The normalized spacial score (nSPS) is 24.5. The molecule has 1 spiro atoms. The number of amides is 1. The third-order valence-electron chi connectivity index (χ3n) is 6.67. The number of hydrogen-bond acceptors (Lipinski definition) is 4. The minimum atomic E-state index is -0.142. The van der Waals surface area contributed by atoms with Gasteiger partial charge in [-0.2, -0.15) is 0 Å². The third kappa shape index (κ3) is 2.65. The number of methoxy groups -OCH3 is 1. The van der Waals surface area contributed by atoms with Crippen LogP contribution in [-0.2, 0) is 16.6 Å². The predicted molar refractivity (Wildman–Crippen MR) is 107 cm³/mol. The van der Waals surface area contributed by atoms with Crippen molar-refractivity contribution in [3.05, 3.63) is 64.7 Å². The number of carbonyl (C=O) groups excluding carboxylic acids is 1. The summed E-state index contributed by atoms with van der Waals surface area (Å²) in [6, 6.07) is 14.1. The van der Waals surface area contributed by atoms with Crippen molar-refractivity contribution in [1.29, 1.82) is 0 Å². The zero-order valence-electron chi connectivity index (χ0n) is 16.2. The zero-order chi connectivity index (χ0) is 19.1. The lowest BCUT2D eigenvalue weighted by Crippen LogP contribution is -2.49. The van der Waals surface area contributed by atoms with Gasteiger partial charge in [-0.3, -0.25) is 4.79 Å². The number of carbonyl (C=O) groups is 1. The third-order valence-corrected chi connectivity index (χ3v) is 6.67. The van der Waals surface area contributed by atoms with E-state index in [0.29, 0.717) is 12.2 Å². The van der Waals surface area contributed by atoms with Crippen LogP contribution < -0.4 is 15.4 Å². The summed E-state index contributed by atoms with van der Waals surface area (Å²) in [5.74, 6) is 0.841. The van der Waals surface area contributed by atoms with Crippen molar-refractivity contribution in [2.24, 2.45) is 0 Å². The summed E-state index contributed by atoms with van der Waals surface area (Å²) in [5.41, 5.74) is 4.27. The maximum Gasteiger partial charge on any atom is 0.251 e. The Morgan fingerprint density at radius 3 is 2.86 bits per heavy atom. The number of ether oxygens (including phenoxy) is 2. The molecule has 0 saturated carbocycles. The van der Waals surface area contributed by atoms with Crippen LogP contribution in [0.2, 0.25) is 0 Å². The molecule has 1 fully saturated rings. The first kappa shape index (κ1) is 17.7. The molecule has 1 saturated heterocycles. The van der Waals surface area contributed by atoms with E-state index in [1.54, 1.807) is 7.11 Å². The summed E-state index contributed by atoms with van der Waals surface area (Å²) in [6.07, 6.45) is 2.84. The van der Waals surface area contributed by atoms with Gasteiger partial charge >= 0.3 is 0 Å². The second-order valence-electron chi connectivity index (χ2n) is 8.02. The van der Waals surface area contributed by atoms with E-state index in [9.17, 15) is 4.79 Å². The van der Waals surface area contributed by atoms with Crippen LogP contribution in [0.5, 0.6) is 5.75 Å². The molecule has 5 heteroatoms. The highest BCUT2D eigenvalue weighted by Crippen LogP contribution is 2.51. The highest BCUT2D eigenvalue weighted by molar-refractivity contribution is 5.95. The fraction of sp³-hybridized carbons (Fsp3) is 0.435. The topological polar surface area (TPSA) is 59.6 Å². The van der Waals surface area contributed by atoms with Crippen molar-refractivity contribution < 1.29 is 14.3 Å². The minimum Gasteiger partial charge on any atom is -0.493 e. The van der Waals surface area contributed by atoms with Crippen LogP contribution in [0.4, 0.5) is 0 Å². The summed E-state index contributed by atoms with van der Waals surface area (Å²) < 4.78 is 11.6. The van der Waals surface area contributed by atoms with Crippen LogP contribution in [0.15, 0.2) is 42.5 Å². The van der Waals surface area contributed by atoms with Crippen LogP contribution in [0.1, 0.15) is 45.9 Å². The lowest BCUT2D eigenvalue weighted by molar-refractivity contribution is 0.00397. The summed E-state index contributed by atoms with van der Waals surface area (Å²) in [6.45, 7) is 2.64.